The highest BCUT2D eigenvalue weighted by Gasteiger charge is 2.62. The first kappa shape index (κ1) is 22.4. The second kappa shape index (κ2) is 8.75. The summed E-state index contributed by atoms with van der Waals surface area (Å²) >= 11 is 0. The molecule has 0 aromatic heterocycles. The third-order valence-electron chi connectivity index (χ3n) is 11.5. The van der Waals surface area contributed by atoms with Crippen LogP contribution < -0.4 is 0 Å². The quantitative estimate of drug-likeness (QED) is 0.545. The van der Waals surface area contributed by atoms with E-state index in [4.69, 9.17) is 0 Å². The Labute approximate surface area is 189 Å². The van der Waals surface area contributed by atoms with Crippen molar-refractivity contribution in [3.63, 3.8) is 0 Å². The van der Waals surface area contributed by atoms with Gasteiger partial charge in [0.2, 0.25) is 0 Å². The molecule has 0 saturated heterocycles. The Bertz CT molecular complexity index is 653. The SMILES string of the molecule is C[C@]12CCC3[C@@H](CC[C@@H]4C[C@H](O)CC[C@]34CO)[C@@H]1CC[C@@H]2C(=O)CC1CCCCCC1. The number of rotatable bonds is 4. The average molecular weight is 431 g/mol. The van der Waals surface area contributed by atoms with Crippen LogP contribution in [0, 0.1) is 46.3 Å². The Kier molecular flexibility index (Phi) is 6.32. The van der Waals surface area contributed by atoms with Crippen LogP contribution in [0.5, 0.6) is 0 Å². The van der Waals surface area contributed by atoms with Crippen LogP contribution in [0.25, 0.3) is 0 Å². The normalized spacial score (nSPS) is 48.4. The summed E-state index contributed by atoms with van der Waals surface area (Å²) < 4.78 is 0. The van der Waals surface area contributed by atoms with Gasteiger partial charge in [0.1, 0.15) is 5.78 Å². The molecular formula is C28H46O3. The lowest BCUT2D eigenvalue weighted by Gasteiger charge is -2.61. The first-order valence-electron chi connectivity index (χ1n) is 13.8. The van der Waals surface area contributed by atoms with Gasteiger partial charge in [-0.3, -0.25) is 4.79 Å². The lowest BCUT2D eigenvalue weighted by atomic mass is 9.44. The third-order valence-corrected chi connectivity index (χ3v) is 11.5. The molecule has 0 heterocycles. The largest absolute Gasteiger partial charge is 0.396 e. The van der Waals surface area contributed by atoms with Gasteiger partial charge in [-0.05, 0) is 98.2 Å². The van der Waals surface area contributed by atoms with Crippen molar-refractivity contribution in [3.05, 3.63) is 0 Å². The lowest BCUT2D eigenvalue weighted by Crippen LogP contribution is -2.56. The van der Waals surface area contributed by atoms with Gasteiger partial charge in [0.15, 0.2) is 0 Å². The van der Waals surface area contributed by atoms with E-state index in [0.29, 0.717) is 42.0 Å². The molecule has 0 aliphatic heterocycles. The fourth-order valence-corrected chi connectivity index (χ4v) is 9.86. The van der Waals surface area contributed by atoms with Crippen LogP contribution in [-0.4, -0.2) is 28.7 Å². The molecule has 2 N–H and O–H groups in total. The molecule has 5 aliphatic carbocycles. The molecule has 5 fully saturated rings. The number of carbonyl (C=O) groups is 1. The van der Waals surface area contributed by atoms with Crippen LogP contribution in [0.2, 0.25) is 0 Å². The van der Waals surface area contributed by atoms with Gasteiger partial charge in [0.05, 0.1) is 6.10 Å². The van der Waals surface area contributed by atoms with Gasteiger partial charge in [-0.15, -0.1) is 0 Å². The van der Waals surface area contributed by atoms with E-state index >= 15 is 0 Å². The standard InChI is InChI=1S/C28H46O3/c1-27-14-13-24-22(9-8-20-17-21(30)12-15-28(20,24)18-29)23(27)10-11-25(27)26(31)16-19-6-4-2-3-5-7-19/h19-25,29-30H,2-18H2,1H3/t20-,21-,22+,23+,24?,25-,27+,28-/m1/s1. The van der Waals surface area contributed by atoms with Crippen LogP contribution in [0.1, 0.15) is 110 Å². The number of carbonyl (C=O) groups excluding carboxylic acids is 1. The first-order valence-corrected chi connectivity index (χ1v) is 13.8. The minimum Gasteiger partial charge on any atom is -0.396 e. The van der Waals surface area contributed by atoms with Gasteiger partial charge in [-0.1, -0.05) is 45.4 Å². The van der Waals surface area contributed by atoms with Gasteiger partial charge in [-0.25, -0.2) is 0 Å². The predicted octanol–water partition coefficient (Wildman–Crippen LogP) is 5.91. The number of fused-ring (bicyclic) bond motifs is 5. The number of aliphatic hydroxyl groups excluding tert-OH is 2. The molecule has 3 nitrogen and oxygen atoms in total. The fourth-order valence-electron chi connectivity index (χ4n) is 9.86. The van der Waals surface area contributed by atoms with Gasteiger partial charge in [-0.2, -0.15) is 0 Å². The molecule has 0 bridgehead atoms. The highest BCUT2D eigenvalue weighted by molar-refractivity contribution is 5.82. The monoisotopic (exact) mass is 430 g/mol. The topological polar surface area (TPSA) is 57.5 Å². The number of hydrogen-bond donors (Lipinski definition) is 2. The van der Waals surface area contributed by atoms with E-state index in [1.807, 2.05) is 0 Å². The minimum atomic E-state index is -0.160. The fraction of sp³-hybridized carbons (Fsp3) is 0.964. The molecule has 0 radical (unpaired) electrons. The zero-order valence-electron chi connectivity index (χ0n) is 19.9. The van der Waals surface area contributed by atoms with Crippen LogP contribution in [0.4, 0.5) is 0 Å². The molecule has 5 aliphatic rings. The maximum atomic E-state index is 13.6. The van der Waals surface area contributed by atoms with Crippen molar-refractivity contribution in [3.8, 4) is 0 Å². The second-order valence-electron chi connectivity index (χ2n) is 12.7. The molecule has 1 unspecified atom stereocenters. The summed E-state index contributed by atoms with van der Waals surface area (Å²) in [5.74, 6) is 4.01. The summed E-state index contributed by atoms with van der Waals surface area (Å²) in [5.41, 5.74) is 0.243. The van der Waals surface area contributed by atoms with Gasteiger partial charge in [0, 0.05) is 18.9 Å². The Morgan fingerprint density at radius 1 is 0.871 bits per heavy atom. The first-order chi connectivity index (χ1) is 15.0. The van der Waals surface area contributed by atoms with Gasteiger partial charge < -0.3 is 10.2 Å². The predicted molar refractivity (Wildman–Crippen MR) is 123 cm³/mol. The highest BCUT2D eigenvalue weighted by atomic mass is 16.3. The summed E-state index contributed by atoms with van der Waals surface area (Å²) in [6.45, 7) is 2.78. The highest BCUT2D eigenvalue weighted by Crippen LogP contribution is 2.67. The third kappa shape index (κ3) is 3.74. The average Bonchev–Trinajstić information content (AvgIpc) is 2.92. The van der Waals surface area contributed by atoms with E-state index in [2.05, 4.69) is 6.92 Å². The molecule has 0 amide bonds. The number of Topliss-reactive ketones (excluding diaryl/α,β-unsaturated/α-hetero) is 1. The molecule has 3 heteroatoms. The van der Waals surface area contributed by atoms with Crippen LogP contribution in [-0.2, 0) is 4.79 Å². The van der Waals surface area contributed by atoms with E-state index in [-0.39, 0.29) is 22.9 Å². The summed E-state index contributed by atoms with van der Waals surface area (Å²) in [5, 5.41) is 20.9. The Balaban J connectivity index is 1.31. The van der Waals surface area contributed by atoms with Crippen molar-refractivity contribution in [1.82, 2.24) is 0 Å². The van der Waals surface area contributed by atoms with Crippen LogP contribution >= 0.6 is 0 Å². The minimum absolute atomic E-state index is 0.0475. The second-order valence-corrected chi connectivity index (χ2v) is 12.7. The molecular weight excluding hydrogens is 384 g/mol. The van der Waals surface area contributed by atoms with Gasteiger partial charge in [0.25, 0.3) is 0 Å². The molecule has 8 atom stereocenters. The van der Waals surface area contributed by atoms with E-state index in [1.54, 1.807) is 0 Å². The Morgan fingerprint density at radius 2 is 1.65 bits per heavy atom. The number of hydrogen-bond acceptors (Lipinski definition) is 3. The van der Waals surface area contributed by atoms with Crippen molar-refractivity contribution in [2.75, 3.05) is 6.61 Å². The Hall–Kier alpha value is -0.410. The van der Waals surface area contributed by atoms with E-state index in [0.717, 1.165) is 32.1 Å². The summed E-state index contributed by atoms with van der Waals surface area (Å²) in [7, 11) is 0. The summed E-state index contributed by atoms with van der Waals surface area (Å²) in [4.78, 5) is 13.6. The van der Waals surface area contributed by atoms with Crippen molar-refractivity contribution in [1.29, 1.82) is 0 Å². The van der Waals surface area contributed by atoms with Gasteiger partial charge >= 0.3 is 0 Å². The molecule has 5 rings (SSSR count). The van der Waals surface area contributed by atoms with Crippen LogP contribution in [0.15, 0.2) is 0 Å². The lowest BCUT2D eigenvalue weighted by molar-refractivity contribution is -0.157. The zero-order chi connectivity index (χ0) is 21.6. The van der Waals surface area contributed by atoms with Crippen molar-refractivity contribution >= 4 is 5.78 Å². The summed E-state index contributed by atoms with van der Waals surface area (Å²) in [6, 6.07) is 0. The summed E-state index contributed by atoms with van der Waals surface area (Å²) in [6.07, 6.45) is 18.5. The smallest absolute Gasteiger partial charge is 0.136 e. The number of aliphatic hydroxyl groups is 2. The molecule has 31 heavy (non-hydrogen) atoms. The van der Waals surface area contributed by atoms with E-state index < -0.39 is 0 Å². The number of ketones is 1. The molecule has 0 spiro atoms. The molecule has 5 saturated carbocycles. The van der Waals surface area contributed by atoms with E-state index in [9.17, 15) is 15.0 Å². The van der Waals surface area contributed by atoms with Crippen LogP contribution in [0.3, 0.4) is 0 Å². The van der Waals surface area contributed by atoms with Crippen molar-refractivity contribution in [2.24, 2.45) is 46.3 Å². The molecule has 176 valence electrons. The maximum absolute atomic E-state index is 13.6. The molecule has 0 aromatic rings. The maximum Gasteiger partial charge on any atom is 0.136 e. The zero-order valence-corrected chi connectivity index (χ0v) is 19.9. The van der Waals surface area contributed by atoms with Crippen molar-refractivity contribution < 1.29 is 15.0 Å². The molecule has 0 aromatic carbocycles. The van der Waals surface area contributed by atoms with Crippen molar-refractivity contribution in [2.45, 2.75) is 116 Å². The Morgan fingerprint density at radius 3 is 2.39 bits per heavy atom. The van der Waals surface area contributed by atoms with E-state index in [1.165, 1.54) is 70.6 Å².